The molecule has 0 bridgehead atoms. The second-order valence-electron chi connectivity index (χ2n) is 5.94. The van der Waals surface area contributed by atoms with Crippen molar-refractivity contribution in [2.24, 2.45) is 0 Å². The molecular weight excluding hydrogens is 318 g/mol. The third-order valence-corrected chi connectivity index (χ3v) is 4.08. The topological polar surface area (TPSA) is 49.0 Å². The summed E-state index contributed by atoms with van der Waals surface area (Å²) in [5, 5.41) is 3.35. The number of para-hydroxylation sites is 1. The molecule has 0 unspecified atom stereocenters. The van der Waals surface area contributed by atoms with Crippen LogP contribution in [0.3, 0.4) is 0 Å². The van der Waals surface area contributed by atoms with E-state index in [1.54, 1.807) is 7.11 Å². The van der Waals surface area contributed by atoms with E-state index in [9.17, 15) is 0 Å². The summed E-state index contributed by atoms with van der Waals surface area (Å²) in [4.78, 5) is 0. The highest BCUT2D eigenvalue weighted by molar-refractivity contribution is 5.35. The second-order valence-corrected chi connectivity index (χ2v) is 5.94. The average Bonchev–Trinajstić information content (AvgIpc) is 2.66. The van der Waals surface area contributed by atoms with Gasteiger partial charge in [-0.15, -0.1) is 0 Å². The van der Waals surface area contributed by atoms with Crippen LogP contribution in [0.15, 0.2) is 54.6 Å². The van der Waals surface area contributed by atoms with Gasteiger partial charge in [-0.2, -0.15) is 0 Å². The Morgan fingerprint density at radius 3 is 2.36 bits per heavy atom. The summed E-state index contributed by atoms with van der Waals surface area (Å²) in [5.74, 6) is 2.44. The Hall–Kier alpha value is -2.08. The zero-order chi connectivity index (χ0) is 17.3. The monoisotopic (exact) mass is 343 g/mol. The molecule has 0 saturated carbocycles. The zero-order valence-corrected chi connectivity index (χ0v) is 14.5. The van der Waals surface area contributed by atoms with Crippen molar-refractivity contribution >= 4 is 0 Å². The molecule has 0 aromatic heterocycles. The maximum Gasteiger partial charge on any atom is 0.127 e. The van der Waals surface area contributed by atoms with Gasteiger partial charge in [-0.1, -0.05) is 18.2 Å². The van der Waals surface area contributed by atoms with Crippen molar-refractivity contribution in [1.29, 1.82) is 0 Å². The lowest BCUT2D eigenvalue weighted by molar-refractivity contribution is -0.0529. The van der Waals surface area contributed by atoms with Gasteiger partial charge < -0.3 is 24.3 Å². The van der Waals surface area contributed by atoms with Crippen LogP contribution in [-0.2, 0) is 9.47 Å². The minimum Gasteiger partial charge on any atom is -0.488 e. The van der Waals surface area contributed by atoms with E-state index >= 15 is 0 Å². The van der Waals surface area contributed by atoms with E-state index in [4.69, 9.17) is 18.9 Å². The van der Waals surface area contributed by atoms with Gasteiger partial charge in [0, 0.05) is 13.7 Å². The van der Waals surface area contributed by atoms with Gasteiger partial charge in [0.15, 0.2) is 0 Å². The van der Waals surface area contributed by atoms with Crippen LogP contribution < -0.4 is 14.8 Å². The van der Waals surface area contributed by atoms with E-state index in [1.807, 2.05) is 54.6 Å². The largest absolute Gasteiger partial charge is 0.488 e. The predicted molar refractivity (Wildman–Crippen MR) is 96.5 cm³/mol. The number of methoxy groups -OCH3 is 1. The van der Waals surface area contributed by atoms with Crippen LogP contribution >= 0.6 is 0 Å². The Balaban J connectivity index is 1.56. The Kier molecular flexibility index (Phi) is 6.68. The molecule has 1 N–H and O–H groups in total. The summed E-state index contributed by atoms with van der Waals surface area (Å²) in [6.07, 6.45) is 0.989. The highest BCUT2D eigenvalue weighted by Gasteiger charge is 2.27. The van der Waals surface area contributed by atoms with Crippen molar-refractivity contribution in [1.82, 2.24) is 5.32 Å². The zero-order valence-electron chi connectivity index (χ0n) is 14.5. The van der Waals surface area contributed by atoms with Gasteiger partial charge in [0.2, 0.25) is 0 Å². The fourth-order valence-electron chi connectivity index (χ4n) is 2.78. The smallest absolute Gasteiger partial charge is 0.127 e. The van der Waals surface area contributed by atoms with Crippen LogP contribution in [0.2, 0.25) is 0 Å². The third-order valence-electron chi connectivity index (χ3n) is 4.08. The Morgan fingerprint density at radius 2 is 1.60 bits per heavy atom. The predicted octanol–water partition coefficient (Wildman–Crippen LogP) is 3.25. The SMILES string of the molecule is COCCO[C@@H]1CNCC[C@H]1Oc1ccc(Oc2ccccc2)cc1. The van der Waals surface area contributed by atoms with E-state index in [1.165, 1.54) is 0 Å². The Morgan fingerprint density at radius 1 is 0.880 bits per heavy atom. The lowest BCUT2D eigenvalue weighted by Crippen LogP contribution is -2.48. The molecule has 1 heterocycles. The van der Waals surface area contributed by atoms with E-state index in [2.05, 4.69) is 5.32 Å². The highest BCUT2D eigenvalue weighted by Crippen LogP contribution is 2.25. The first-order chi connectivity index (χ1) is 12.3. The van der Waals surface area contributed by atoms with Crippen molar-refractivity contribution in [3.8, 4) is 17.2 Å². The van der Waals surface area contributed by atoms with Crippen molar-refractivity contribution < 1.29 is 18.9 Å². The van der Waals surface area contributed by atoms with Crippen molar-refractivity contribution in [2.75, 3.05) is 33.4 Å². The maximum absolute atomic E-state index is 6.14. The van der Waals surface area contributed by atoms with Crippen LogP contribution in [-0.4, -0.2) is 45.6 Å². The minimum absolute atomic E-state index is 0.0316. The Labute approximate surface area is 148 Å². The van der Waals surface area contributed by atoms with Crippen LogP contribution in [0, 0.1) is 0 Å². The quantitative estimate of drug-likeness (QED) is 0.746. The molecule has 1 aliphatic rings. The first-order valence-corrected chi connectivity index (χ1v) is 8.66. The summed E-state index contributed by atoms with van der Waals surface area (Å²) in [6, 6.07) is 17.4. The first kappa shape index (κ1) is 17.7. The summed E-state index contributed by atoms with van der Waals surface area (Å²) in [6.45, 7) is 2.90. The maximum atomic E-state index is 6.14. The number of hydrogen-bond acceptors (Lipinski definition) is 5. The molecule has 3 rings (SSSR count). The molecule has 1 aliphatic heterocycles. The molecule has 0 spiro atoms. The summed E-state index contributed by atoms with van der Waals surface area (Å²) < 4.78 is 22.9. The number of piperidine rings is 1. The average molecular weight is 343 g/mol. The van der Waals surface area contributed by atoms with E-state index in [0.29, 0.717) is 13.2 Å². The lowest BCUT2D eigenvalue weighted by atomic mass is 10.1. The molecule has 0 aliphatic carbocycles. The molecule has 0 amide bonds. The fourth-order valence-corrected chi connectivity index (χ4v) is 2.78. The number of nitrogens with one attached hydrogen (secondary N) is 1. The fraction of sp³-hybridized carbons (Fsp3) is 0.400. The van der Waals surface area contributed by atoms with Gasteiger partial charge in [0.1, 0.15) is 29.5 Å². The molecule has 134 valence electrons. The molecular formula is C20H25NO4. The number of ether oxygens (including phenoxy) is 4. The summed E-state index contributed by atoms with van der Waals surface area (Å²) >= 11 is 0. The minimum atomic E-state index is 0.0316. The number of hydrogen-bond donors (Lipinski definition) is 1. The Bertz CT molecular complexity index is 617. The molecule has 0 radical (unpaired) electrons. The second kappa shape index (κ2) is 9.42. The van der Waals surface area contributed by atoms with Gasteiger partial charge in [-0.3, -0.25) is 0 Å². The van der Waals surface area contributed by atoms with E-state index < -0.39 is 0 Å². The van der Waals surface area contributed by atoms with Crippen molar-refractivity contribution in [2.45, 2.75) is 18.6 Å². The molecule has 2 aromatic carbocycles. The van der Waals surface area contributed by atoms with Gasteiger partial charge in [0.05, 0.1) is 13.2 Å². The third kappa shape index (κ3) is 5.46. The van der Waals surface area contributed by atoms with E-state index in [0.717, 1.165) is 36.8 Å². The molecule has 5 heteroatoms. The van der Waals surface area contributed by atoms with Gasteiger partial charge in [0.25, 0.3) is 0 Å². The van der Waals surface area contributed by atoms with Crippen LogP contribution in [0.25, 0.3) is 0 Å². The van der Waals surface area contributed by atoms with Gasteiger partial charge in [-0.25, -0.2) is 0 Å². The summed E-state index contributed by atoms with van der Waals surface area (Å²) in [5.41, 5.74) is 0. The normalized spacial score (nSPS) is 20.2. The van der Waals surface area contributed by atoms with Crippen LogP contribution in [0.4, 0.5) is 0 Å². The standard InChI is InChI=1S/C20H25NO4/c1-22-13-14-23-20-15-21-12-11-19(20)25-18-9-7-17(8-10-18)24-16-5-3-2-4-6-16/h2-10,19-21H,11-15H2,1H3/t19-,20-/m1/s1. The van der Waals surface area contributed by atoms with Crippen LogP contribution in [0.5, 0.6) is 17.2 Å². The van der Waals surface area contributed by atoms with Crippen molar-refractivity contribution in [3.05, 3.63) is 54.6 Å². The molecule has 5 nitrogen and oxygen atoms in total. The van der Waals surface area contributed by atoms with Crippen LogP contribution in [0.1, 0.15) is 6.42 Å². The van der Waals surface area contributed by atoms with Gasteiger partial charge >= 0.3 is 0 Å². The van der Waals surface area contributed by atoms with E-state index in [-0.39, 0.29) is 12.2 Å². The molecule has 1 saturated heterocycles. The summed E-state index contributed by atoms with van der Waals surface area (Å²) in [7, 11) is 1.68. The number of rotatable bonds is 8. The molecule has 1 fully saturated rings. The molecule has 2 atom stereocenters. The highest BCUT2D eigenvalue weighted by atomic mass is 16.6. The lowest BCUT2D eigenvalue weighted by Gasteiger charge is -2.32. The number of benzene rings is 2. The van der Waals surface area contributed by atoms with Gasteiger partial charge in [-0.05, 0) is 49.4 Å². The first-order valence-electron chi connectivity index (χ1n) is 8.66. The molecule has 2 aromatic rings. The molecule has 25 heavy (non-hydrogen) atoms. The van der Waals surface area contributed by atoms with Crippen molar-refractivity contribution in [3.63, 3.8) is 0 Å².